The summed E-state index contributed by atoms with van der Waals surface area (Å²) >= 11 is 8.42. The number of aliphatic hydroxyl groups is 1. The van der Waals surface area contributed by atoms with E-state index < -0.39 is 6.36 Å². The molecule has 1 atom stereocenters. The largest absolute Gasteiger partial charge is 0.573 e. The van der Waals surface area contributed by atoms with E-state index in [-0.39, 0.29) is 24.3 Å². The van der Waals surface area contributed by atoms with E-state index in [4.69, 9.17) is 11.6 Å². The maximum absolute atomic E-state index is 12.6. The highest BCUT2D eigenvalue weighted by molar-refractivity contribution is 14.1. The number of aliphatic hydroxyl groups excluding tert-OH is 1. The van der Waals surface area contributed by atoms with Crippen molar-refractivity contribution in [3.63, 3.8) is 0 Å². The van der Waals surface area contributed by atoms with Crippen LogP contribution in [0.5, 0.6) is 5.75 Å². The molecule has 1 heterocycles. The maximum Gasteiger partial charge on any atom is 0.573 e. The molecule has 1 aromatic heterocycles. The first-order chi connectivity index (χ1) is 14.6. The summed E-state index contributed by atoms with van der Waals surface area (Å²) in [4.78, 5) is 8.73. The Labute approximate surface area is 195 Å². The van der Waals surface area contributed by atoms with Crippen molar-refractivity contribution in [2.24, 2.45) is 0 Å². The van der Waals surface area contributed by atoms with Crippen molar-refractivity contribution in [3.8, 4) is 17.0 Å². The minimum Gasteiger partial charge on any atom is -0.406 e. The molecule has 2 aromatic carbocycles. The first kappa shape index (κ1) is 23.4. The van der Waals surface area contributed by atoms with Gasteiger partial charge in [-0.25, -0.2) is 4.98 Å². The van der Waals surface area contributed by atoms with Crippen molar-refractivity contribution in [2.75, 3.05) is 17.2 Å². The van der Waals surface area contributed by atoms with Crippen LogP contribution in [0.2, 0.25) is 5.02 Å². The highest BCUT2D eigenvalue weighted by atomic mass is 127. The smallest absolute Gasteiger partial charge is 0.406 e. The minimum atomic E-state index is -4.80. The zero-order valence-corrected chi connectivity index (χ0v) is 19.0. The van der Waals surface area contributed by atoms with E-state index in [0.717, 1.165) is 3.57 Å². The third-order valence-electron chi connectivity index (χ3n) is 3.93. The Morgan fingerprint density at radius 2 is 1.94 bits per heavy atom. The Hall–Kier alpha value is -2.31. The lowest BCUT2D eigenvalue weighted by molar-refractivity contribution is -0.274. The highest BCUT2D eigenvalue weighted by Gasteiger charge is 2.31. The number of hydrogen-bond acceptors (Lipinski definition) is 6. The summed E-state index contributed by atoms with van der Waals surface area (Å²) in [5.74, 6) is 0.185. The molecular weight excluding hydrogens is 548 g/mol. The fourth-order valence-corrected chi connectivity index (χ4v) is 3.47. The average molecular weight is 565 g/mol. The zero-order valence-electron chi connectivity index (χ0n) is 16.0. The topological polar surface area (TPSA) is 79.3 Å². The van der Waals surface area contributed by atoms with Gasteiger partial charge in [0, 0.05) is 21.2 Å². The van der Waals surface area contributed by atoms with Crippen LogP contribution < -0.4 is 15.4 Å². The second-order valence-electron chi connectivity index (χ2n) is 6.51. The number of benzene rings is 2. The average Bonchev–Trinajstić information content (AvgIpc) is 2.69. The Morgan fingerprint density at radius 3 is 2.61 bits per heavy atom. The van der Waals surface area contributed by atoms with Gasteiger partial charge in [-0.05, 0) is 59.8 Å². The summed E-state index contributed by atoms with van der Waals surface area (Å²) < 4.78 is 42.7. The van der Waals surface area contributed by atoms with Gasteiger partial charge in [0.25, 0.3) is 0 Å². The van der Waals surface area contributed by atoms with E-state index >= 15 is 0 Å². The molecule has 164 valence electrons. The molecule has 0 aliphatic rings. The molecule has 0 amide bonds. The number of halogens is 5. The van der Waals surface area contributed by atoms with Gasteiger partial charge in [-0.15, -0.1) is 13.2 Å². The third-order valence-corrected chi connectivity index (χ3v) is 4.92. The van der Waals surface area contributed by atoms with Gasteiger partial charge in [0.2, 0.25) is 5.95 Å². The van der Waals surface area contributed by atoms with Crippen LogP contribution in [0.3, 0.4) is 0 Å². The number of hydrogen-bond donors (Lipinski definition) is 3. The Morgan fingerprint density at radius 1 is 1.16 bits per heavy atom. The number of nitrogens with one attached hydrogen (secondary N) is 2. The van der Waals surface area contributed by atoms with E-state index in [0.29, 0.717) is 27.8 Å². The summed E-state index contributed by atoms with van der Waals surface area (Å²) in [6.07, 6.45) is -4.80. The lowest BCUT2D eigenvalue weighted by Crippen LogP contribution is -2.21. The molecule has 0 unspecified atom stereocenters. The summed E-state index contributed by atoms with van der Waals surface area (Å²) in [6.45, 7) is 1.57. The first-order valence-corrected chi connectivity index (χ1v) is 10.4. The van der Waals surface area contributed by atoms with Crippen LogP contribution in [0.15, 0.2) is 48.5 Å². The fraction of sp³-hybridized carbons (Fsp3) is 0.200. The molecule has 0 radical (unpaired) electrons. The van der Waals surface area contributed by atoms with Crippen LogP contribution in [0.1, 0.15) is 6.92 Å². The first-order valence-electron chi connectivity index (χ1n) is 8.97. The molecule has 0 bridgehead atoms. The molecule has 3 aromatic rings. The number of aromatic nitrogens is 2. The number of ether oxygens (including phenoxy) is 1. The molecular formula is C20H17ClF3IN4O2. The van der Waals surface area contributed by atoms with Crippen molar-refractivity contribution in [1.82, 2.24) is 9.97 Å². The minimum absolute atomic E-state index is 0.159. The molecule has 6 nitrogen and oxygen atoms in total. The van der Waals surface area contributed by atoms with E-state index in [1.165, 1.54) is 18.2 Å². The van der Waals surface area contributed by atoms with Crippen molar-refractivity contribution >= 4 is 51.6 Å². The Balaban J connectivity index is 2.00. The summed E-state index contributed by atoms with van der Waals surface area (Å²) in [6, 6.07) is 12.1. The van der Waals surface area contributed by atoms with Crippen molar-refractivity contribution in [2.45, 2.75) is 19.3 Å². The van der Waals surface area contributed by atoms with E-state index in [1.807, 2.05) is 6.07 Å². The molecule has 0 aliphatic carbocycles. The van der Waals surface area contributed by atoms with Gasteiger partial charge < -0.3 is 20.5 Å². The molecule has 0 saturated carbocycles. The predicted octanol–water partition coefficient (Wildman–Crippen LogP) is 5.84. The molecule has 0 saturated heterocycles. The number of rotatable bonds is 7. The number of anilines is 3. The summed E-state index contributed by atoms with van der Waals surface area (Å²) in [5.41, 5.74) is 1.34. The molecule has 31 heavy (non-hydrogen) atoms. The highest BCUT2D eigenvalue weighted by Crippen LogP contribution is 2.31. The predicted molar refractivity (Wildman–Crippen MR) is 122 cm³/mol. The summed E-state index contributed by atoms with van der Waals surface area (Å²) in [5, 5.41) is 15.8. The van der Waals surface area contributed by atoms with Crippen molar-refractivity contribution in [1.29, 1.82) is 0 Å². The molecule has 11 heteroatoms. The lowest BCUT2D eigenvalue weighted by atomic mass is 10.1. The SMILES string of the molecule is C[C@@H](CO)Nc1nc(Nc2ccc(I)cc2Cl)cc(-c2cccc(OC(F)(F)F)c2)n1. The van der Waals surface area contributed by atoms with Gasteiger partial charge in [0.15, 0.2) is 0 Å². The molecule has 0 fully saturated rings. The van der Waals surface area contributed by atoms with Crippen LogP contribution >= 0.6 is 34.2 Å². The Bertz CT molecular complexity index is 1070. The zero-order chi connectivity index (χ0) is 22.6. The van der Waals surface area contributed by atoms with E-state index in [1.54, 1.807) is 31.2 Å². The third kappa shape index (κ3) is 6.84. The summed E-state index contributed by atoms with van der Waals surface area (Å²) in [7, 11) is 0. The normalized spacial score (nSPS) is 12.4. The van der Waals surface area contributed by atoms with Crippen LogP contribution in [0.4, 0.5) is 30.6 Å². The maximum atomic E-state index is 12.6. The van der Waals surface area contributed by atoms with Gasteiger partial charge in [-0.2, -0.15) is 4.98 Å². The van der Waals surface area contributed by atoms with Gasteiger partial charge in [0.1, 0.15) is 11.6 Å². The monoisotopic (exact) mass is 564 g/mol. The lowest BCUT2D eigenvalue weighted by Gasteiger charge is -2.15. The quantitative estimate of drug-likeness (QED) is 0.313. The molecule has 0 spiro atoms. The van der Waals surface area contributed by atoms with Crippen LogP contribution in [-0.4, -0.2) is 34.1 Å². The van der Waals surface area contributed by atoms with Crippen LogP contribution in [0, 0.1) is 3.57 Å². The Kier molecular flexibility index (Phi) is 7.44. The second kappa shape index (κ2) is 9.88. The van der Waals surface area contributed by atoms with Gasteiger partial charge in [0.05, 0.1) is 23.0 Å². The van der Waals surface area contributed by atoms with Gasteiger partial charge in [-0.1, -0.05) is 23.7 Å². The van der Waals surface area contributed by atoms with Crippen molar-refractivity contribution in [3.05, 3.63) is 57.1 Å². The standard InChI is InChI=1S/C20H17ClF3IN4O2/c1-11(10-30)26-19-28-17(12-3-2-4-14(7-12)31-20(22,23)24)9-18(29-19)27-16-6-5-13(25)8-15(16)21/h2-9,11,30H,10H2,1H3,(H2,26,27,28,29)/t11-/m0/s1. The molecule has 3 rings (SSSR count). The second-order valence-corrected chi connectivity index (χ2v) is 8.17. The fourth-order valence-electron chi connectivity index (χ4n) is 2.57. The van der Waals surface area contributed by atoms with Crippen LogP contribution in [0.25, 0.3) is 11.3 Å². The number of nitrogens with zero attached hydrogens (tertiary/aromatic N) is 2. The van der Waals surface area contributed by atoms with E-state index in [2.05, 4.69) is 47.9 Å². The van der Waals surface area contributed by atoms with Crippen molar-refractivity contribution < 1.29 is 23.0 Å². The number of alkyl halides is 3. The molecule has 3 N–H and O–H groups in total. The van der Waals surface area contributed by atoms with Crippen LogP contribution in [-0.2, 0) is 0 Å². The van der Waals surface area contributed by atoms with Gasteiger partial charge >= 0.3 is 6.36 Å². The van der Waals surface area contributed by atoms with Gasteiger partial charge in [-0.3, -0.25) is 0 Å². The van der Waals surface area contributed by atoms with E-state index in [9.17, 15) is 18.3 Å². The molecule has 0 aliphatic heterocycles.